The van der Waals surface area contributed by atoms with Crippen LogP contribution in [0.1, 0.15) is 56.6 Å². The first-order valence-electron chi connectivity index (χ1n) is 11.7. The Hall–Kier alpha value is -2.04. The van der Waals surface area contributed by atoms with Crippen molar-refractivity contribution in [2.24, 2.45) is 0 Å². The van der Waals surface area contributed by atoms with Crippen molar-refractivity contribution in [1.82, 2.24) is 29.5 Å². The van der Waals surface area contributed by atoms with E-state index >= 15 is 0 Å². The fraction of sp³-hybridized carbons (Fsp3) is 0.696. The van der Waals surface area contributed by atoms with E-state index in [4.69, 9.17) is 9.72 Å². The van der Waals surface area contributed by atoms with Crippen LogP contribution in [-0.4, -0.2) is 82.0 Å². The minimum Gasteiger partial charge on any atom is -0.383 e. The molecular formula is C23H33F3N6O. The van der Waals surface area contributed by atoms with Crippen molar-refractivity contribution in [3.05, 3.63) is 29.8 Å². The number of alkyl halides is 3. The molecule has 2 aliphatic rings. The monoisotopic (exact) mass is 466 g/mol. The third-order valence-electron chi connectivity index (χ3n) is 6.76. The second-order valence-electron chi connectivity index (χ2n) is 9.30. The normalized spacial score (nSPS) is 23.0. The van der Waals surface area contributed by atoms with Gasteiger partial charge in [0, 0.05) is 69.6 Å². The SMILES string of the molecule is COCCN1CCN([C@@H]2CC[C@@H](c3nc(-c4ccc(C(F)(F)F)nc4)nn3C(C)C)C2)CC1. The molecule has 182 valence electrons. The molecule has 4 rings (SSSR count). The van der Waals surface area contributed by atoms with Crippen LogP contribution in [0.2, 0.25) is 0 Å². The Bertz CT molecular complexity index is 906. The van der Waals surface area contributed by atoms with E-state index in [1.54, 1.807) is 7.11 Å². The number of rotatable bonds is 7. The minimum absolute atomic E-state index is 0.118. The highest BCUT2D eigenvalue weighted by Gasteiger charge is 2.35. The maximum Gasteiger partial charge on any atom is 0.433 e. The highest BCUT2D eigenvalue weighted by Crippen LogP contribution is 2.38. The summed E-state index contributed by atoms with van der Waals surface area (Å²) in [4.78, 5) is 13.4. The number of nitrogens with zero attached hydrogens (tertiary/aromatic N) is 6. The lowest BCUT2D eigenvalue weighted by Crippen LogP contribution is -2.50. The van der Waals surface area contributed by atoms with Gasteiger partial charge in [-0.15, -0.1) is 0 Å². The summed E-state index contributed by atoms with van der Waals surface area (Å²) >= 11 is 0. The molecule has 0 aromatic carbocycles. The lowest BCUT2D eigenvalue weighted by Gasteiger charge is -2.38. The van der Waals surface area contributed by atoms with Crippen LogP contribution in [0.3, 0.4) is 0 Å². The van der Waals surface area contributed by atoms with E-state index < -0.39 is 11.9 Å². The Balaban J connectivity index is 1.44. The van der Waals surface area contributed by atoms with Crippen LogP contribution in [0.5, 0.6) is 0 Å². The average molecular weight is 467 g/mol. The highest BCUT2D eigenvalue weighted by atomic mass is 19.4. The summed E-state index contributed by atoms with van der Waals surface area (Å²) in [5.41, 5.74) is -0.402. The van der Waals surface area contributed by atoms with Crippen molar-refractivity contribution < 1.29 is 17.9 Å². The summed E-state index contributed by atoms with van der Waals surface area (Å²) in [5.74, 6) is 1.67. The minimum atomic E-state index is -4.46. The molecular weight excluding hydrogens is 433 g/mol. The molecule has 0 bridgehead atoms. The van der Waals surface area contributed by atoms with E-state index in [0.29, 0.717) is 23.3 Å². The third-order valence-corrected chi connectivity index (χ3v) is 6.76. The van der Waals surface area contributed by atoms with Gasteiger partial charge >= 0.3 is 6.18 Å². The van der Waals surface area contributed by atoms with Crippen LogP contribution in [0.4, 0.5) is 13.2 Å². The fourth-order valence-corrected chi connectivity index (χ4v) is 4.91. The average Bonchev–Trinajstić information content (AvgIpc) is 3.45. The van der Waals surface area contributed by atoms with Gasteiger partial charge in [-0.25, -0.2) is 9.67 Å². The van der Waals surface area contributed by atoms with Gasteiger partial charge in [0.15, 0.2) is 5.82 Å². The van der Waals surface area contributed by atoms with Crippen LogP contribution in [0.15, 0.2) is 18.3 Å². The first kappa shape index (κ1) is 24.1. The van der Waals surface area contributed by atoms with Gasteiger partial charge in [-0.1, -0.05) is 0 Å². The van der Waals surface area contributed by atoms with Gasteiger partial charge in [-0.2, -0.15) is 18.3 Å². The van der Waals surface area contributed by atoms with Gasteiger partial charge in [0.05, 0.1) is 6.61 Å². The van der Waals surface area contributed by atoms with Crippen molar-refractivity contribution in [1.29, 1.82) is 0 Å². The number of piperazine rings is 1. The quantitative estimate of drug-likeness (QED) is 0.618. The number of pyridine rings is 1. The molecule has 0 spiro atoms. The van der Waals surface area contributed by atoms with E-state index in [2.05, 4.69) is 33.7 Å². The van der Waals surface area contributed by atoms with Crippen molar-refractivity contribution in [2.75, 3.05) is 46.4 Å². The fourth-order valence-electron chi connectivity index (χ4n) is 4.91. The molecule has 10 heteroatoms. The summed E-state index contributed by atoms with van der Waals surface area (Å²) < 4.78 is 45.7. The zero-order chi connectivity index (χ0) is 23.6. The van der Waals surface area contributed by atoms with Crippen molar-refractivity contribution in [2.45, 2.75) is 57.3 Å². The number of ether oxygens (including phenoxy) is 1. The summed E-state index contributed by atoms with van der Waals surface area (Å²) in [6.07, 6.45) is -0.0284. The summed E-state index contributed by atoms with van der Waals surface area (Å²) in [7, 11) is 1.74. The van der Waals surface area contributed by atoms with Crippen molar-refractivity contribution >= 4 is 0 Å². The van der Waals surface area contributed by atoms with Gasteiger partial charge in [-0.3, -0.25) is 14.8 Å². The number of hydrogen-bond acceptors (Lipinski definition) is 6. The standard InChI is InChI=1S/C23H33F3N6O/c1-16(2)32-22(28-21(29-32)18-5-7-20(27-15-18)23(24,25)26)17-4-6-19(14-17)31-10-8-30(9-11-31)12-13-33-3/h5,7,15-17,19H,4,6,8-14H2,1-3H3/t17-,19-/m1/s1. The molecule has 2 atom stereocenters. The topological polar surface area (TPSA) is 59.3 Å². The maximum absolute atomic E-state index is 12.9. The third kappa shape index (κ3) is 5.55. The molecule has 0 N–H and O–H groups in total. The van der Waals surface area contributed by atoms with Crippen LogP contribution < -0.4 is 0 Å². The van der Waals surface area contributed by atoms with E-state index in [1.165, 1.54) is 12.3 Å². The Labute approximate surface area is 192 Å². The predicted octanol–water partition coefficient (Wildman–Crippen LogP) is 3.84. The first-order chi connectivity index (χ1) is 15.8. The van der Waals surface area contributed by atoms with Crippen LogP contribution in [-0.2, 0) is 10.9 Å². The molecule has 1 aliphatic heterocycles. The predicted molar refractivity (Wildman–Crippen MR) is 119 cm³/mol. The largest absolute Gasteiger partial charge is 0.433 e. The molecule has 2 aromatic heterocycles. The Morgan fingerprint density at radius 1 is 1.12 bits per heavy atom. The van der Waals surface area contributed by atoms with E-state index in [-0.39, 0.29) is 6.04 Å². The van der Waals surface area contributed by atoms with E-state index in [0.717, 1.165) is 70.5 Å². The molecule has 1 saturated carbocycles. The van der Waals surface area contributed by atoms with Gasteiger partial charge in [0.1, 0.15) is 11.5 Å². The molecule has 2 fully saturated rings. The van der Waals surface area contributed by atoms with E-state index in [1.807, 2.05) is 4.68 Å². The van der Waals surface area contributed by atoms with Crippen LogP contribution in [0, 0.1) is 0 Å². The number of halogens is 3. The maximum atomic E-state index is 12.9. The van der Waals surface area contributed by atoms with Gasteiger partial charge in [-0.05, 0) is 45.2 Å². The number of aromatic nitrogens is 4. The van der Waals surface area contributed by atoms with Crippen molar-refractivity contribution in [3.63, 3.8) is 0 Å². The zero-order valence-corrected chi connectivity index (χ0v) is 19.6. The molecule has 0 amide bonds. The summed E-state index contributed by atoms with van der Waals surface area (Å²) in [6.45, 7) is 10.1. The zero-order valence-electron chi connectivity index (χ0n) is 19.6. The molecule has 33 heavy (non-hydrogen) atoms. The van der Waals surface area contributed by atoms with E-state index in [9.17, 15) is 13.2 Å². The Morgan fingerprint density at radius 3 is 2.48 bits per heavy atom. The lowest BCUT2D eigenvalue weighted by atomic mass is 10.1. The molecule has 0 unspecified atom stereocenters. The Kier molecular flexibility index (Phi) is 7.35. The molecule has 7 nitrogen and oxygen atoms in total. The van der Waals surface area contributed by atoms with Gasteiger partial charge in [0.2, 0.25) is 0 Å². The van der Waals surface area contributed by atoms with Crippen LogP contribution >= 0.6 is 0 Å². The van der Waals surface area contributed by atoms with Gasteiger partial charge in [0.25, 0.3) is 0 Å². The molecule has 1 aliphatic carbocycles. The highest BCUT2D eigenvalue weighted by molar-refractivity contribution is 5.53. The smallest absolute Gasteiger partial charge is 0.383 e. The Morgan fingerprint density at radius 2 is 1.88 bits per heavy atom. The molecule has 2 aromatic rings. The molecule has 1 saturated heterocycles. The van der Waals surface area contributed by atoms with Crippen LogP contribution in [0.25, 0.3) is 11.4 Å². The molecule has 0 radical (unpaired) electrons. The second kappa shape index (κ2) is 10.1. The second-order valence-corrected chi connectivity index (χ2v) is 9.30. The molecule has 3 heterocycles. The van der Waals surface area contributed by atoms with Crippen molar-refractivity contribution in [3.8, 4) is 11.4 Å². The number of hydrogen-bond donors (Lipinski definition) is 0. The number of methoxy groups -OCH3 is 1. The lowest BCUT2D eigenvalue weighted by molar-refractivity contribution is -0.141. The first-order valence-corrected chi connectivity index (χ1v) is 11.7. The summed E-state index contributed by atoms with van der Waals surface area (Å²) in [6, 6.07) is 3.04. The van der Waals surface area contributed by atoms with Gasteiger partial charge < -0.3 is 4.74 Å². The summed E-state index contributed by atoms with van der Waals surface area (Å²) in [5, 5.41) is 4.64.